The van der Waals surface area contributed by atoms with Gasteiger partial charge in [0.15, 0.2) is 0 Å². The molecule has 0 aromatic carbocycles. The molecule has 1 unspecified atom stereocenters. The summed E-state index contributed by atoms with van der Waals surface area (Å²) in [7, 11) is 0. The van der Waals surface area contributed by atoms with Crippen LogP contribution in [0.15, 0.2) is 12.4 Å². The molecule has 0 aliphatic heterocycles. The van der Waals surface area contributed by atoms with E-state index in [0.29, 0.717) is 18.8 Å². The lowest BCUT2D eigenvalue weighted by atomic mass is 10.2. The zero-order valence-electron chi connectivity index (χ0n) is 11.0. The standard InChI is InChI=1S/C12H20N4O3/c1-9(11-13-7-8-14-11)16-12(19)15-6-4-2-3-5-10(17)18/h7-9H,2-6H2,1H3,(H,13,14)(H,17,18)(H2,15,16,19). The highest BCUT2D eigenvalue weighted by atomic mass is 16.4. The summed E-state index contributed by atoms with van der Waals surface area (Å²) in [5, 5.41) is 13.9. The van der Waals surface area contributed by atoms with E-state index in [-0.39, 0.29) is 18.5 Å². The lowest BCUT2D eigenvalue weighted by molar-refractivity contribution is -0.137. The number of imidazole rings is 1. The number of amides is 2. The number of aromatic amines is 1. The number of hydrogen-bond acceptors (Lipinski definition) is 3. The maximum Gasteiger partial charge on any atom is 0.315 e. The fourth-order valence-electron chi connectivity index (χ4n) is 1.61. The summed E-state index contributed by atoms with van der Waals surface area (Å²) in [5.74, 6) is -0.0745. The number of hydrogen-bond donors (Lipinski definition) is 4. The normalized spacial score (nSPS) is 11.8. The molecule has 7 heteroatoms. The molecule has 0 aliphatic rings. The van der Waals surface area contributed by atoms with Crippen molar-refractivity contribution in [1.29, 1.82) is 0 Å². The second kappa shape index (κ2) is 8.12. The third kappa shape index (κ3) is 6.44. The first-order valence-electron chi connectivity index (χ1n) is 6.35. The van der Waals surface area contributed by atoms with Crippen molar-refractivity contribution in [2.45, 2.75) is 38.6 Å². The number of unbranched alkanes of at least 4 members (excludes halogenated alkanes) is 2. The quantitative estimate of drug-likeness (QED) is 0.535. The van der Waals surface area contributed by atoms with Gasteiger partial charge in [-0.25, -0.2) is 9.78 Å². The third-order valence-corrected chi connectivity index (χ3v) is 2.63. The van der Waals surface area contributed by atoms with Gasteiger partial charge in [-0.2, -0.15) is 0 Å². The Bertz CT molecular complexity index is 392. The molecule has 7 nitrogen and oxygen atoms in total. The fourth-order valence-corrected chi connectivity index (χ4v) is 1.61. The van der Waals surface area contributed by atoms with E-state index in [0.717, 1.165) is 12.8 Å². The van der Waals surface area contributed by atoms with Crippen molar-refractivity contribution in [2.24, 2.45) is 0 Å². The summed E-state index contributed by atoms with van der Waals surface area (Å²) >= 11 is 0. The largest absolute Gasteiger partial charge is 0.481 e. The highest BCUT2D eigenvalue weighted by Gasteiger charge is 2.10. The van der Waals surface area contributed by atoms with Crippen molar-refractivity contribution in [2.75, 3.05) is 6.54 Å². The Balaban J connectivity index is 2.06. The van der Waals surface area contributed by atoms with Crippen LogP contribution in [0.25, 0.3) is 0 Å². The van der Waals surface area contributed by atoms with E-state index in [1.54, 1.807) is 12.4 Å². The number of carbonyl (C=O) groups excluding carboxylic acids is 1. The first-order valence-corrected chi connectivity index (χ1v) is 6.35. The molecule has 1 heterocycles. The van der Waals surface area contributed by atoms with Crippen LogP contribution in [0.1, 0.15) is 44.5 Å². The zero-order chi connectivity index (χ0) is 14.1. The molecule has 0 radical (unpaired) electrons. The molecular weight excluding hydrogens is 248 g/mol. The van der Waals surface area contributed by atoms with Crippen molar-refractivity contribution >= 4 is 12.0 Å². The molecule has 1 rings (SSSR count). The molecule has 4 N–H and O–H groups in total. The molecule has 0 saturated heterocycles. The highest BCUT2D eigenvalue weighted by Crippen LogP contribution is 2.04. The van der Waals surface area contributed by atoms with Gasteiger partial charge in [0.1, 0.15) is 5.82 Å². The predicted octanol–water partition coefficient (Wildman–Crippen LogP) is 1.41. The van der Waals surface area contributed by atoms with Crippen LogP contribution < -0.4 is 10.6 Å². The van der Waals surface area contributed by atoms with E-state index in [4.69, 9.17) is 5.11 Å². The topological polar surface area (TPSA) is 107 Å². The smallest absolute Gasteiger partial charge is 0.315 e. The first kappa shape index (κ1) is 15.0. The van der Waals surface area contributed by atoms with Gasteiger partial charge in [-0.15, -0.1) is 0 Å². The van der Waals surface area contributed by atoms with E-state index in [1.165, 1.54) is 0 Å². The van der Waals surface area contributed by atoms with Crippen LogP contribution in [0.4, 0.5) is 4.79 Å². The summed E-state index contributed by atoms with van der Waals surface area (Å²) in [5.41, 5.74) is 0. The lowest BCUT2D eigenvalue weighted by Crippen LogP contribution is -2.37. The Labute approximate surface area is 111 Å². The zero-order valence-corrected chi connectivity index (χ0v) is 11.0. The number of carbonyl (C=O) groups is 2. The molecule has 0 saturated carbocycles. The average molecular weight is 268 g/mol. The maximum atomic E-state index is 11.5. The van der Waals surface area contributed by atoms with Crippen molar-refractivity contribution in [3.63, 3.8) is 0 Å². The summed E-state index contributed by atoms with van der Waals surface area (Å²) in [4.78, 5) is 28.8. The monoisotopic (exact) mass is 268 g/mol. The SMILES string of the molecule is CC(NC(=O)NCCCCCC(=O)O)c1ncc[nH]1. The number of carboxylic acids is 1. The lowest BCUT2D eigenvalue weighted by Gasteiger charge is -2.12. The van der Waals surface area contributed by atoms with Gasteiger partial charge in [-0.05, 0) is 19.8 Å². The second-order valence-electron chi connectivity index (χ2n) is 4.30. The van der Waals surface area contributed by atoms with E-state index in [1.807, 2.05) is 6.92 Å². The maximum absolute atomic E-state index is 11.5. The van der Waals surface area contributed by atoms with Gasteiger partial charge in [0, 0.05) is 25.4 Å². The number of urea groups is 1. The van der Waals surface area contributed by atoms with Crippen LogP contribution in [0.2, 0.25) is 0 Å². The molecule has 1 atom stereocenters. The van der Waals surface area contributed by atoms with Crippen molar-refractivity contribution in [3.8, 4) is 0 Å². The Morgan fingerprint density at radius 1 is 1.42 bits per heavy atom. The van der Waals surface area contributed by atoms with Crippen molar-refractivity contribution in [3.05, 3.63) is 18.2 Å². The minimum absolute atomic E-state index is 0.179. The van der Waals surface area contributed by atoms with E-state index < -0.39 is 5.97 Å². The number of rotatable bonds is 8. The van der Waals surface area contributed by atoms with Crippen LogP contribution in [-0.2, 0) is 4.79 Å². The number of nitrogens with one attached hydrogen (secondary N) is 3. The van der Waals surface area contributed by atoms with Crippen LogP contribution in [-0.4, -0.2) is 33.6 Å². The molecule has 0 spiro atoms. The number of aromatic nitrogens is 2. The van der Waals surface area contributed by atoms with Crippen LogP contribution in [0.5, 0.6) is 0 Å². The minimum Gasteiger partial charge on any atom is -0.481 e. The number of aliphatic carboxylic acids is 1. The van der Waals surface area contributed by atoms with Gasteiger partial charge in [0.05, 0.1) is 6.04 Å². The third-order valence-electron chi connectivity index (χ3n) is 2.63. The molecular formula is C12H20N4O3. The van der Waals surface area contributed by atoms with Crippen LogP contribution in [0.3, 0.4) is 0 Å². The molecule has 19 heavy (non-hydrogen) atoms. The molecule has 106 valence electrons. The molecule has 0 bridgehead atoms. The molecule has 2 amide bonds. The highest BCUT2D eigenvalue weighted by molar-refractivity contribution is 5.74. The van der Waals surface area contributed by atoms with Gasteiger partial charge in [0.2, 0.25) is 0 Å². The van der Waals surface area contributed by atoms with Crippen molar-refractivity contribution in [1.82, 2.24) is 20.6 Å². The number of H-pyrrole nitrogens is 1. The van der Waals surface area contributed by atoms with Gasteiger partial charge in [-0.3, -0.25) is 4.79 Å². The number of nitrogens with zero attached hydrogens (tertiary/aromatic N) is 1. The Morgan fingerprint density at radius 2 is 2.21 bits per heavy atom. The Hall–Kier alpha value is -2.05. The van der Waals surface area contributed by atoms with Crippen molar-refractivity contribution < 1.29 is 14.7 Å². The first-order chi connectivity index (χ1) is 9.09. The van der Waals surface area contributed by atoms with Crippen LogP contribution in [0, 0.1) is 0 Å². The summed E-state index contributed by atoms with van der Waals surface area (Å²) < 4.78 is 0. The van der Waals surface area contributed by atoms with E-state index in [2.05, 4.69) is 20.6 Å². The predicted molar refractivity (Wildman–Crippen MR) is 69.6 cm³/mol. The van der Waals surface area contributed by atoms with Gasteiger partial charge < -0.3 is 20.7 Å². The molecule has 1 aromatic rings. The fraction of sp³-hybridized carbons (Fsp3) is 0.583. The minimum atomic E-state index is -0.780. The molecule has 1 aromatic heterocycles. The Kier molecular flexibility index (Phi) is 6.42. The second-order valence-corrected chi connectivity index (χ2v) is 4.30. The van der Waals surface area contributed by atoms with E-state index in [9.17, 15) is 9.59 Å². The summed E-state index contributed by atoms with van der Waals surface area (Å²) in [6, 6.07) is -0.427. The van der Waals surface area contributed by atoms with Gasteiger partial charge in [-0.1, -0.05) is 6.42 Å². The van der Waals surface area contributed by atoms with Crippen LogP contribution >= 0.6 is 0 Å². The van der Waals surface area contributed by atoms with Gasteiger partial charge in [0.25, 0.3) is 0 Å². The summed E-state index contributed by atoms with van der Waals surface area (Å²) in [6.45, 7) is 2.38. The molecule has 0 aliphatic carbocycles. The average Bonchev–Trinajstić information content (AvgIpc) is 2.87. The Morgan fingerprint density at radius 3 is 2.84 bits per heavy atom. The van der Waals surface area contributed by atoms with E-state index >= 15 is 0 Å². The number of carboxylic acid groups (broad SMARTS) is 1. The van der Waals surface area contributed by atoms with Gasteiger partial charge >= 0.3 is 12.0 Å². The molecule has 0 fully saturated rings. The summed E-state index contributed by atoms with van der Waals surface area (Å²) in [6.07, 6.45) is 5.72.